The zero-order valence-corrected chi connectivity index (χ0v) is 25.3. The van der Waals surface area contributed by atoms with Crippen LogP contribution in [0.4, 0.5) is 0 Å². The van der Waals surface area contributed by atoms with Crippen LogP contribution in [0.15, 0.2) is 11.6 Å². The van der Waals surface area contributed by atoms with Gasteiger partial charge in [-0.05, 0) is 91.3 Å². The van der Waals surface area contributed by atoms with Crippen molar-refractivity contribution in [2.45, 2.75) is 111 Å². The molecule has 5 aliphatic rings. The number of hydrogen-bond donors (Lipinski definition) is 0. The number of fused-ring (bicyclic) bond motifs is 5. The maximum Gasteiger partial charge on any atom is 0.0748 e. The van der Waals surface area contributed by atoms with Crippen LogP contribution in [0.2, 0.25) is 0 Å². The van der Waals surface area contributed by atoms with Gasteiger partial charge in [0.1, 0.15) is 0 Å². The van der Waals surface area contributed by atoms with E-state index < -0.39 is 4.87 Å². The van der Waals surface area contributed by atoms with E-state index in [-0.39, 0.29) is 0 Å². The third-order valence-electron chi connectivity index (χ3n) is 11.4. The summed E-state index contributed by atoms with van der Waals surface area (Å²) in [4.78, 5) is -1.21. The van der Waals surface area contributed by atoms with Crippen LogP contribution in [-0.2, 0) is 12.2 Å². The van der Waals surface area contributed by atoms with Gasteiger partial charge >= 0.3 is 0 Å². The minimum Gasteiger partial charge on any atom is -0.532 e. The van der Waals surface area contributed by atoms with E-state index >= 15 is 0 Å². The molecule has 4 heteroatoms. The summed E-state index contributed by atoms with van der Waals surface area (Å²) < 4.78 is 0. The van der Waals surface area contributed by atoms with Crippen LogP contribution < -0.4 is 0 Å². The van der Waals surface area contributed by atoms with E-state index in [9.17, 15) is 0 Å². The summed E-state index contributed by atoms with van der Waals surface area (Å²) in [5.74, 6) is 8.30. The molecule has 0 spiro atoms. The topological polar surface area (TPSA) is 0 Å². The SMILES string of the molecule is CC(C)CCC[C@@H](C)[C@H]1CC[C@H]2[C@@H]3CC=C4C[C@@H]([P+]5([S-])SCCS5)CC[C@]4(C)[C@H]3CC[C@]12C. The summed E-state index contributed by atoms with van der Waals surface area (Å²) in [7, 11) is 0. The van der Waals surface area contributed by atoms with Crippen LogP contribution in [0, 0.1) is 46.3 Å². The lowest BCUT2D eigenvalue weighted by molar-refractivity contribution is -0.0498. The highest BCUT2D eigenvalue weighted by Crippen LogP contribution is 2.86. The van der Waals surface area contributed by atoms with Crippen molar-refractivity contribution >= 4 is 39.9 Å². The lowest BCUT2D eigenvalue weighted by atomic mass is 9.47. The first-order chi connectivity index (χ1) is 15.7. The van der Waals surface area contributed by atoms with Crippen molar-refractivity contribution in [1.82, 2.24) is 0 Å². The molecule has 1 saturated heterocycles. The van der Waals surface area contributed by atoms with Crippen molar-refractivity contribution in [1.29, 1.82) is 0 Å². The molecule has 0 nitrogen and oxygen atoms in total. The molecular formula is C29H49PS3. The minimum absolute atomic E-state index is 0.491. The predicted octanol–water partition coefficient (Wildman–Crippen LogP) is 10.2. The van der Waals surface area contributed by atoms with Crippen LogP contribution in [-0.4, -0.2) is 17.2 Å². The van der Waals surface area contributed by atoms with Gasteiger partial charge in [-0.2, -0.15) is 0 Å². The first kappa shape index (κ1) is 25.9. The molecule has 0 radical (unpaired) electrons. The Balaban J connectivity index is 1.30. The molecule has 0 aromatic heterocycles. The monoisotopic (exact) mass is 524 g/mol. The van der Waals surface area contributed by atoms with Crippen LogP contribution in [0.25, 0.3) is 0 Å². The highest BCUT2D eigenvalue weighted by molar-refractivity contribution is 9.13. The van der Waals surface area contributed by atoms with Crippen molar-refractivity contribution in [2.75, 3.05) is 11.5 Å². The smallest absolute Gasteiger partial charge is 0.0748 e. The molecular weight excluding hydrogens is 475 g/mol. The maximum absolute atomic E-state index is 6.30. The number of hydrogen-bond acceptors (Lipinski definition) is 3. The second-order valence-corrected chi connectivity index (χ2v) is 25.3. The fraction of sp³-hybridized carbons (Fsp3) is 0.931. The van der Waals surface area contributed by atoms with Crippen molar-refractivity contribution in [3.63, 3.8) is 0 Å². The Bertz CT molecular complexity index is 743. The van der Waals surface area contributed by atoms with Gasteiger partial charge in [0.2, 0.25) is 0 Å². The molecule has 1 aliphatic heterocycles. The third kappa shape index (κ3) is 4.56. The van der Waals surface area contributed by atoms with E-state index in [1.807, 2.05) is 5.57 Å². The molecule has 0 aromatic carbocycles. The fourth-order valence-electron chi connectivity index (χ4n) is 9.51. The van der Waals surface area contributed by atoms with E-state index in [4.69, 9.17) is 12.2 Å². The first-order valence-corrected chi connectivity index (χ1v) is 20.3. The molecule has 4 fully saturated rings. The van der Waals surface area contributed by atoms with Crippen LogP contribution in [0.3, 0.4) is 0 Å². The van der Waals surface area contributed by atoms with E-state index in [0.29, 0.717) is 10.8 Å². The van der Waals surface area contributed by atoms with Gasteiger partial charge in [-0.15, -0.1) is 0 Å². The molecule has 188 valence electrons. The zero-order valence-electron chi connectivity index (χ0n) is 22.0. The van der Waals surface area contributed by atoms with E-state index in [0.717, 1.165) is 41.2 Å². The van der Waals surface area contributed by atoms with Gasteiger partial charge in [-0.3, -0.25) is 0 Å². The molecule has 0 N–H and O–H groups in total. The van der Waals surface area contributed by atoms with Crippen molar-refractivity contribution in [2.24, 2.45) is 46.3 Å². The van der Waals surface area contributed by atoms with Crippen molar-refractivity contribution < 1.29 is 0 Å². The molecule has 5 rings (SSSR count). The van der Waals surface area contributed by atoms with Crippen molar-refractivity contribution in [3.8, 4) is 0 Å². The van der Waals surface area contributed by atoms with Crippen molar-refractivity contribution in [3.05, 3.63) is 11.6 Å². The summed E-state index contributed by atoms with van der Waals surface area (Å²) in [5, 5.41) is 0. The maximum atomic E-state index is 6.30. The van der Waals surface area contributed by atoms with Crippen LogP contribution in [0.1, 0.15) is 105 Å². The molecule has 1 heterocycles. The Morgan fingerprint density at radius 1 is 1.00 bits per heavy atom. The van der Waals surface area contributed by atoms with Gasteiger partial charge in [0.05, 0.1) is 5.66 Å². The normalized spacial score (nSPS) is 45.3. The minimum atomic E-state index is -1.21. The molecule has 0 aromatic rings. The van der Waals surface area contributed by atoms with E-state index in [1.54, 1.807) is 0 Å². The standard InChI is InChI=1S/C29H49PS3/c1-20(2)7-6-8-21(3)25-11-12-26-24-10-9-22-19-23(30(31)32-17-18-33-30)13-15-28(22,4)27(24)14-16-29(25,26)5/h9,20-21,23-27H,6-8,10-19H2,1-5H3/t21-,23+,24+,25-,26+,27+,28+,29-/m1/s1. The molecule has 0 bridgehead atoms. The van der Waals surface area contributed by atoms with Gasteiger partial charge in [0.15, 0.2) is 0 Å². The molecule has 0 unspecified atom stereocenters. The van der Waals surface area contributed by atoms with E-state index in [1.165, 1.54) is 82.1 Å². The Hall–Kier alpha value is 1.22. The van der Waals surface area contributed by atoms with Gasteiger partial charge in [-0.1, -0.05) is 65.5 Å². The second-order valence-electron chi connectivity index (χ2n) is 13.4. The summed E-state index contributed by atoms with van der Waals surface area (Å²) in [6.45, 7) is 12.8. The van der Waals surface area contributed by atoms with Gasteiger partial charge in [0.25, 0.3) is 0 Å². The molecule has 8 atom stereocenters. The van der Waals surface area contributed by atoms with Crippen LogP contribution in [0.5, 0.6) is 0 Å². The fourth-order valence-corrected chi connectivity index (χ4v) is 21.3. The van der Waals surface area contributed by atoms with Gasteiger partial charge in [-0.25, -0.2) is 0 Å². The highest BCUT2D eigenvalue weighted by Gasteiger charge is 2.60. The average Bonchev–Trinajstić information content (AvgIpc) is 3.36. The molecule has 4 aliphatic carbocycles. The Morgan fingerprint density at radius 3 is 2.48 bits per heavy atom. The zero-order chi connectivity index (χ0) is 23.4. The predicted molar refractivity (Wildman–Crippen MR) is 156 cm³/mol. The summed E-state index contributed by atoms with van der Waals surface area (Å²) in [5.41, 5.74) is 3.80. The third-order valence-corrected chi connectivity index (χ3v) is 24.2. The van der Waals surface area contributed by atoms with E-state index in [2.05, 4.69) is 63.5 Å². The number of rotatable bonds is 6. The van der Waals surface area contributed by atoms with Gasteiger partial charge < -0.3 is 12.2 Å². The van der Waals surface area contributed by atoms with Gasteiger partial charge in [0, 0.05) is 45.6 Å². The molecule has 33 heavy (non-hydrogen) atoms. The second kappa shape index (κ2) is 9.83. The summed E-state index contributed by atoms with van der Waals surface area (Å²) >= 11 is 10.7. The lowest BCUT2D eigenvalue weighted by Gasteiger charge is -2.59. The Labute approximate surface area is 219 Å². The van der Waals surface area contributed by atoms with Crippen LogP contribution >= 0.6 is 27.6 Å². The molecule has 0 amide bonds. The summed E-state index contributed by atoms with van der Waals surface area (Å²) in [6.07, 6.45) is 18.7. The Kier molecular flexibility index (Phi) is 7.70. The Morgan fingerprint density at radius 2 is 1.76 bits per heavy atom. The molecule has 3 saturated carbocycles. The highest BCUT2D eigenvalue weighted by atomic mass is 33.4. The summed E-state index contributed by atoms with van der Waals surface area (Å²) in [6, 6.07) is 0. The lowest BCUT2D eigenvalue weighted by Crippen LogP contribution is -2.50. The number of allylic oxidation sites excluding steroid dienone is 2. The average molecular weight is 525 g/mol. The quantitative estimate of drug-likeness (QED) is 0.193. The first-order valence-electron chi connectivity index (χ1n) is 14.3. The largest absolute Gasteiger partial charge is 0.532 e.